The van der Waals surface area contributed by atoms with Crippen LogP contribution in [0.2, 0.25) is 0 Å². The molecule has 0 amide bonds. The molecular formula is C18H14Se. The van der Waals surface area contributed by atoms with Crippen molar-refractivity contribution in [2.24, 2.45) is 0 Å². The Morgan fingerprint density at radius 3 is 2.32 bits per heavy atom. The zero-order valence-corrected chi connectivity index (χ0v) is 12.2. The van der Waals surface area contributed by atoms with Gasteiger partial charge in [0.15, 0.2) is 0 Å². The van der Waals surface area contributed by atoms with Gasteiger partial charge in [-0.05, 0) is 0 Å². The number of fused-ring (bicyclic) bond motifs is 1. The van der Waals surface area contributed by atoms with Crippen molar-refractivity contribution in [1.29, 1.82) is 0 Å². The molecule has 0 atom stereocenters. The fourth-order valence-electron chi connectivity index (χ4n) is 2.08. The second-order valence-electron chi connectivity index (χ2n) is 4.30. The van der Waals surface area contributed by atoms with Crippen LogP contribution in [0, 0.1) is 0 Å². The summed E-state index contributed by atoms with van der Waals surface area (Å²) in [4.78, 5) is 2.30. The molecule has 0 spiro atoms. The van der Waals surface area contributed by atoms with E-state index in [1.165, 1.54) is 20.8 Å². The second-order valence-corrected chi connectivity index (χ2v) is 6.36. The Morgan fingerprint density at radius 1 is 0.684 bits per heavy atom. The van der Waals surface area contributed by atoms with Gasteiger partial charge < -0.3 is 0 Å². The Balaban J connectivity index is 1.85. The molecule has 0 unspecified atom stereocenters. The monoisotopic (exact) mass is 310 g/mol. The van der Waals surface area contributed by atoms with E-state index in [1.54, 1.807) is 0 Å². The maximum absolute atomic E-state index is 2.30. The number of hydrogen-bond acceptors (Lipinski definition) is 0. The molecule has 0 aliphatic carbocycles. The zero-order valence-electron chi connectivity index (χ0n) is 10.5. The third-order valence-corrected chi connectivity index (χ3v) is 4.73. The van der Waals surface area contributed by atoms with E-state index in [4.69, 9.17) is 0 Å². The predicted molar refractivity (Wildman–Crippen MR) is 84.8 cm³/mol. The van der Waals surface area contributed by atoms with E-state index in [2.05, 4.69) is 83.8 Å². The SMILES string of the molecule is C(=C\c1cccc2ccccc12)/[Se]c1ccccc1. The van der Waals surface area contributed by atoms with Crippen LogP contribution in [-0.4, -0.2) is 15.0 Å². The van der Waals surface area contributed by atoms with Crippen LogP contribution < -0.4 is 4.46 Å². The molecule has 0 aliphatic heterocycles. The van der Waals surface area contributed by atoms with Gasteiger partial charge in [-0.3, -0.25) is 0 Å². The average Bonchev–Trinajstić information content (AvgIpc) is 2.49. The molecule has 0 bridgehead atoms. The van der Waals surface area contributed by atoms with E-state index >= 15 is 0 Å². The summed E-state index contributed by atoms with van der Waals surface area (Å²) in [5, 5.41) is 2.63. The molecule has 0 heterocycles. The van der Waals surface area contributed by atoms with Crippen LogP contribution in [0.1, 0.15) is 5.56 Å². The molecule has 0 aromatic heterocycles. The first-order chi connectivity index (χ1) is 9.43. The minimum absolute atomic E-state index is 0.401. The van der Waals surface area contributed by atoms with E-state index in [9.17, 15) is 0 Å². The van der Waals surface area contributed by atoms with Crippen molar-refractivity contribution < 1.29 is 0 Å². The van der Waals surface area contributed by atoms with Gasteiger partial charge in [0.25, 0.3) is 0 Å². The van der Waals surface area contributed by atoms with Crippen LogP contribution in [0.15, 0.2) is 77.8 Å². The fourth-order valence-corrected chi connectivity index (χ4v) is 3.52. The molecule has 0 saturated heterocycles. The van der Waals surface area contributed by atoms with Crippen molar-refractivity contribution in [1.82, 2.24) is 0 Å². The van der Waals surface area contributed by atoms with Crippen molar-refractivity contribution in [3.8, 4) is 0 Å². The summed E-state index contributed by atoms with van der Waals surface area (Å²) in [6, 6.07) is 25.6. The first kappa shape index (κ1) is 12.2. The van der Waals surface area contributed by atoms with Gasteiger partial charge in [-0.15, -0.1) is 0 Å². The van der Waals surface area contributed by atoms with E-state index in [1.807, 2.05) is 0 Å². The average molecular weight is 309 g/mol. The third kappa shape index (κ3) is 2.95. The van der Waals surface area contributed by atoms with Gasteiger partial charge >= 0.3 is 120 Å². The molecule has 92 valence electrons. The Kier molecular flexibility index (Phi) is 3.78. The molecule has 0 N–H and O–H groups in total. The Morgan fingerprint density at radius 2 is 1.42 bits per heavy atom. The van der Waals surface area contributed by atoms with Crippen LogP contribution in [0.25, 0.3) is 16.8 Å². The number of hydrogen-bond donors (Lipinski definition) is 0. The normalized spacial score (nSPS) is 11.2. The molecule has 1 heteroatoms. The van der Waals surface area contributed by atoms with Crippen molar-refractivity contribution in [3.63, 3.8) is 0 Å². The Bertz CT molecular complexity index is 694. The Hall–Kier alpha value is -1.82. The van der Waals surface area contributed by atoms with Crippen LogP contribution in [0.5, 0.6) is 0 Å². The third-order valence-electron chi connectivity index (χ3n) is 3.02. The summed E-state index contributed by atoms with van der Waals surface area (Å²) in [5.41, 5.74) is 1.30. The first-order valence-electron chi connectivity index (χ1n) is 6.29. The summed E-state index contributed by atoms with van der Waals surface area (Å²) in [6.45, 7) is 0. The summed E-state index contributed by atoms with van der Waals surface area (Å²) in [5.74, 6) is 0. The Labute approximate surface area is 119 Å². The van der Waals surface area contributed by atoms with Crippen LogP contribution in [0.3, 0.4) is 0 Å². The van der Waals surface area contributed by atoms with E-state index in [0.29, 0.717) is 15.0 Å². The first-order valence-corrected chi connectivity index (χ1v) is 8.14. The van der Waals surface area contributed by atoms with Gasteiger partial charge in [0.2, 0.25) is 0 Å². The van der Waals surface area contributed by atoms with Crippen LogP contribution >= 0.6 is 0 Å². The molecule has 3 aromatic rings. The molecule has 3 aromatic carbocycles. The quantitative estimate of drug-likeness (QED) is 0.645. The van der Waals surface area contributed by atoms with Crippen molar-refractivity contribution in [2.45, 2.75) is 0 Å². The molecule has 0 saturated carbocycles. The summed E-state index contributed by atoms with van der Waals surface area (Å²) in [7, 11) is 0. The van der Waals surface area contributed by atoms with Gasteiger partial charge in [-0.2, -0.15) is 0 Å². The molecule has 0 aliphatic rings. The maximum atomic E-state index is 2.30. The van der Waals surface area contributed by atoms with E-state index in [0.717, 1.165) is 0 Å². The molecule has 0 radical (unpaired) electrons. The topological polar surface area (TPSA) is 0 Å². The molecular weight excluding hydrogens is 295 g/mol. The van der Waals surface area contributed by atoms with Gasteiger partial charge in [0, 0.05) is 0 Å². The van der Waals surface area contributed by atoms with Crippen molar-refractivity contribution in [3.05, 3.63) is 83.3 Å². The predicted octanol–water partition coefficient (Wildman–Crippen LogP) is 3.84. The van der Waals surface area contributed by atoms with Crippen LogP contribution in [-0.2, 0) is 0 Å². The van der Waals surface area contributed by atoms with Gasteiger partial charge in [-0.1, -0.05) is 0 Å². The van der Waals surface area contributed by atoms with E-state index in [-0.39, 0.29) is 0 Å². The molecule has 0 fully saturated rings. The summed E-state index contributed by atoms with van der Waals surface area (Å²) >= 11 is 0.401. The van der Waals surface area contributed by atoms with Crippen molar-refractivity contribution >= 4 is 36.3 Å². The van der Waals surface area contributed by atoms with Crippen molar-refractivity contribution in [2.75, 3.05) is 0 Å². The van der Waals surface area contributed by atoms with E-state index < -0.39 is 0 Å². The molecule has 0 nitrogen and oxygen atoms in total. The van der Waals surface area contributed by atoms with Gasteiger partial charge in [-0.25, -0.2) is 0 Å². The van der Waals surface area contributed by atoms with Gasteiger partial charge in [0.05, 0.1) is 0 Å². The van der Waals surface area contributed by atoms with Crippen LogP contribution in [0.4, 0.5) is 0 Å². The standard InChI is InChI=1S/C18H14Se/c1-2-10-17(11-3-1)19-14-13-16-9-6-8-15-7-4-5-12-18(15)16/h1-14H/b14-13+. The minimum atomic E-state index is 0.401. The fraction of sp³-hybridized carbons (Fsp3) is 0. The summed E-state index contributed by atoms with van der Waals surface area (Å²) in [6.07, 6.45) is 2.25. The number of rotatable bonds is 3. The zero-order chi connectivity index (χ0) is 12.9. The second kappa shape index (κ2) is 5.88. The summed E-state index contributed by atoms with van der Waals surface area (Å²) < 4.78 is 1.41. The molecule has 19 heavy (non-hydrogen) atoms. The molecule has 3 rings (SSSR count). The van der Waals surface area contributed by atoms with Gasteiger partial charge in [0.1, 0.15) is 0 Å². The number of benzene rings is 3.